The molecule has 94 valence electrons. The number of hydrazine groups is 1. The molecule has 1 saturated carbocycles. The third kappa shape index (κ3) is 2.58. The summed E-state index contributed by atoms with van der Waals surface area (Å²) in [6, 6.07) is 5.02. The van der Waals surface area contributed by atoms with Gasteiger partial charge in [-0.3, -0.25) is 11.3 Å². The van der Waals surface area contributed by atoms with Crippen LogP contribution < -0.4 is 16.0 Å². The Morgan fingerprint density at radius 1 is 1.47 bits per heavy atom. The van der Waals surface area contributed by atoms with E-state index in [4.69, 9.17) is 10.6 Å². The third-order valence-electron chi connectivity index (χ3n) is 3.61. The number of halogens is 1. The van der Waals surface area contributed by atoms with Gasteiger partial charge in [-0.05, 0) is 42.4 Å². The van der Waals surface area contributed by atoms with Crippen LogP contribution in [0.2, 0.25) is 0 Å². The highest BCUT2D eigenvalue weighted by Crippen LogP contribution is 2.42. The lowest BCUT2D eigenvalue weighted by Crippen LogP contribution is -2.33. The van der Waals surface area contributed by atoms with Crippen molar-refractivity contribution in [3.8, 4) is 5.75 Å². The molecule has 2 atom stereocenters. The third-order valence-corrected chi connectivity index (χ3v) is 3.61. The molecule has 1 fully saturated rings. The second-order valence-electron chi connectivity index (χ2n) is 4.73. The molecule has 3 N–H and O–H groups in total. The quantitative estimate of drug-likeness (QED) is 0.611. The van der Waals surface area contributed by atoms with Gasteiger partial charge in [0.1, 0.15) is 0 Å². The van der Waals surface area contributed by atoms with Crippen molar-refractivity contribution >= 4 is 0 Å². The summed E-state index contributed by atoms with van der Waals surface area (Å²) in [4.78, 5) is 0. The van der Waals surface area contributed by atoms with Crippen molar-refractivity contribution in [1.29, 1.82) is 0 Å². The van der Waals surface area contributed by atoms with E-state index in [1.54, 1.807) is 6.07 Å². The van der Waals surface area contributed by atoms with Gasteiger partial charge in [0.15, 0.2) is 11.6 Å². The molecule has 1 aliphatic rings. The summed E-state index contributed by atoms with van der Waals surface area (Å²) in [5.41, 5.74) is 3.68. The fraction of sp³-hybridized carbons (Fsp3) is 0.538. The Kier molecular flexibility index (Phi) is 3.64. The average Bonchev–Trinajstić information content (AvgIpc) is 3.14. The van der Waals surface area contributed by atoms with E-state index in [2.05, 4.69) is 12.3 Å². The molecule has 0 amide bonds. The number of rotatable bonds is 5. The minimum atomic E-state index is -0.340. The van der Waals surface area contributed by atoms with Gasteiger partial charge in [0.25, 0.3) is 0 Å². The van der Waals surface area contributed by atoms with Crippen molar-refractivity contribution < 1.29 is 9.13 Å². The van der Waals surface area contributed by atoms with Crippen LogP contribution in [0.1, 0.15) is 31.4 Å². The number of nitrogens with two attached hydrogens (primary N) is 1. The lowest BCUT2D eigenvalue weighted by atomic mass is 9.91. The van der Waals surface area contributed by atoms with E-state index in [0.717, 1.165) is 5.56 Å². The number of hydrogen-bond donors (Lipinski definition) is 2. The molecule has 0 aromatic heterocycles. The molecule has 2 rings (SSSR count). The molecule has 0 bridgehead atoms. The van der Waals surface area contributed by atoms with E-state index >= 15 is 0 Å². The van der Waals surface area contributed by atoms with E-state index in [9.17, 15) is 4.39 Å². The van der Waals surface area contributed by atoms with Crippen LogP contribution in [-0.4, -0.2) is 7.11 Å². The Morgan fingerprint density at radius 2 is 2.18 bits per heavy atom. The number of nitrogens with one attached hydrogen (secondary N) is 1. The zero-order valence-corrected chi connectivity index (χ0v) is 10.2. The predicted octanol–water partition coefficient (Wildman–Crippen LogP) is 2.38. The molecule has 0 spiro atoms. The first kappa shape index (κ1) is 12.3. The molecule has 1 aromatic carbocycles. The Labute approximate surface area is 101 Å². The van der Waals surface area contributed by atoms with Gasteiger partial charge in [-0.25, -0.2) is 4.39 Å². The zero-order valence-electron chi connectivity index (χ0n) is 10.2. The second kappa shape index (κ2) is 5.02. The Hall–Kier alpha value is -1.13. The highest BCUT2D eigenvalue weighted by molar-refractivity contribution is 5.31. The van der Waals surface area contributed by atoms with Gasteiger partial charge >= 0.3 is 0 Å². The number of benzene rings is 1. The molecular formula is C13H19FN2O. The summed E-state index contributed by atoms with van der Waals surface area (Å²) in [6.45, 7) is 2.16. The topological polar surface area (TPSA) is 47.3 Å². The first-order valence-electron chi connectivity index (χ1n) is 5.97. The maximum absolute atomic E-state index is 13.6. The number of methoxy groups -OCH3 is 1. The van der Waals surface area contributed by atoms with Gasteiger partial charge < -0.3 is 4.74 Å². The summed E-state index contributed by atoms with van der Waals surface area (Å²) >= 11 is 0. The van der Waals surface area contributed by atoms with Crippen LogP contribution >= 0.6 is 0 Å². The highest BCUT2D eigenvalue weighted by atomic mass is 19.1. The fourth-order valence-electron chi connectivity index (χ4n) is 2.32. The molecule has 4 heteroatoms. The minimum absolute atomic E-state index is 0.00269. The van der Waals surface area contributed by atoms with Crippen LogP contribution in [0.3, 0.4) is 0 Å². The molecule has 0 radical (unpaired) electrons. The SMILES string of the molecule is COc1ccc(C(NN)C(C)C2CC2)cc1F. The minimum Gasteiger partial charge on any atom is -0.494 e. The lowest BCUT2D eigenvalue weighted by Gasteiger charge is -2.23. The molecule has 0 heterocycles. The van der Waals surface area contributed by atoms with Crippen molar-refractivity contribution in [1.82, 2.24) is 5.43 Å². The molecular weight excluding hydrogens is 219 g/mol. The van der Waals surface area contributed by atoms with Gasteiger partial charge in [0.05, 0.1) is 7.11 Å². The zero-order chi connectivity index (χ0) is 12.4. The maximum Gasteiger partial charge on any atom is 0.165 e. The van der Waals surface area contributed by atoms with Crippen LogP contribution in [0.4, 0.5) is 4.39 Å². The highest BCUT2D eigenvalue weighted by Gasteiger charge is 2.33. The number of ether oxygens (including phenoxy) is 1. The van der Waals surface area contributed by atoms with Crippen LogP contribution in [0.15, 0.2) is 18.2 Å². The molecule has 3 nitrogen and oxygen atoms in total. The van der Waals surface area contributed by atoms with E-state index in [0.29, 0.717) is 11.8 Å². The van der Waals surface area contributed by atoms with Crippen LogP contribution in [-0.2, 0) is 0 Å². The summed E-state index contributed by atoms with van der Waals surface area (Å²) in [5, 5.41) is 0. The normalized spacial score (nSPS) is 18.8. The van der Waals surface area contributed by atoms with Crippen molar-refractivity contribution in [2.24, 2.45) is 17.7 Å². The van der Waals surface area contributed by atoms with Crippen LogP contribution in [0, 0.1) is 17.7 Å². The van der Waals surface area contributed by atoms with Gasteiger partial charge in [-0.15, -0.1) is 0 Å². The van der Waals surface area contributed by atoms with Gasteiger partial charge in [0.2, 0.25) is 0 Å². The standard InChI is InChI=1S/C13H19FN2O/c1-8(9-3-4-9)13(16-15)10-5-6-12(17-2)11(14)7-10/h5-9,13,16H,3-4,15H2,1-2H3. The summed E-state index contributed by atoms with van der Waals surface area (Å²) < 4.78 is 18.5. The van der Waals surface area contributed by atoms with Crippen molar-refractivity contribution in [3.05, 3.63) is 29.6 Å². The van der Waals surface area contributed by atoms with Crippen molar-refractivity contribution in [2.75, 3.05) is 7.11 Å². The monoisotopic (exact) mass is 238 g/mol. The van der Waals surface area contributed by atoms with Gasteiger partial charge in [-0.1, -0.05) is 13.0 Å². The first-order chi connectivity index (χ1) is 8.17. The van der Waals surface area contributed by atoms with Crippen LogP contribution in [0.25, 0.3) is 0 Å². The predicted molar refractivity (Wildman–Crippen MR) is 64.9 cm³/mol. The summed E-state index contributed by atoms with van der Waals surface area (Å²) in [5.74, 6) is 6.65. The Balaban J connectivity index is 2.21. The first-order valence-corrected chi connectivity index (χ1v) is 5.97. The van der Waals surface area contributed by atoms with Crippen LogP contribution in [0.5, 0.6) is 5.75 Å². The smallest absolute Gasteiger partial charge is 0.165 e. The molecule has 17 heavy (non-hydrogen) atoms. The molecule has 1 aliphatic carbocycles. The maximum atomic E-state index is 13.6. The Bertz CT molecular complexity index is 393. The van der Waals surface area contributed by atoms with Crippen molar-refractivity contribution in [2.45, 2.75) is 25.8 Å². The Morgan fingerprint density at radius 3 is 2.65 bits per heavy atom. The van der Waals surface area contributed by atoms with Crippen molar-refractivity contribution in [3.63, 3.8) is 0 Å². The fourth-order valence-corrected chi connectivity index (χ4v) is 2.32. The summed E-state index contributed by atoms with van der Waals surface area (Å²) in [6.07, 6.45) is 2.50. The molecule has 0 saturated heterocycles. The lowest BCUT2D eigenvalue weighted by molar-refractivity contribution is 0.350. The largest absolute Gasteiger partial charge is 0.494 e. The molecule has 2 unspecified atom stereocenters. The van der Waals surface area contributed by atoms with Gasteiger partial charge in [0, 0.05) is 6.04 Å². The number of hydrogen-bond acceptors (Lipinski definition) is 3. The van der Waals surface area contributed by atoms with Gasteiger partial charge in [-0.2, -0.15) is 0 Å². The van der Waals surface area contributed by atoms with E-state index in [1.165, 1.54) is 26.0 Å². The van der Waals surface area contributed by atoms with E-state index < -0.39 is 0 Å². The second-order valence-corrected chi connectivity index (χ2v) is 4.73. The van der Waals surface area contributed by atoms with E-state index in [1.807, 2.05) is 6.07 Å². The summed E-state index contributed by atoms with van der Waals surface area (Å²) in [7, 11) is 1.46. The van der Waals surface area contributed by atoms with E-state index in [-0.39, 0.29) is 17.6 Å². The molecule has 0 aliphatic heterocycles. The molecule has 1 aromatic rings. The average molecular weight is 238 g/mol.